The Labute approximate surface area is 88.7 Å². The average molecular weight is 287 g/mol. The Bertz CT molecular complexity index is 201. The maximum Gasteiger partial charge on any atom is -0.00235 e. The molecule has 5 nitrogen and oxygen atoms in total. The van der Waals surface area contributed by atoms with Crippen molar-refractivity contribution >= 4 is 29.2 Å². The van der Waals surface area contributed by atoms with Gasteiger partial charge < -0.3 is 40.5 Å². The molecule has 3 N–H and O–H groups in total. The van der Waals surface area contributed by atoms with Gasteiger partial charge in [0, 0.05) is 0 Å². The summed E-state index contributed by atoms with van der Waals surface area (Å²) in [5.74, 6) is 0. The number of imidazole rings is 1. The van der Waals surface area contributed by atoms with Crippen molar-refractivity contribution in [2.75, 3.05) is 0 Å². The molecule has 1 heterocycles. The molecule has 0 radical (unpaired) electrons. The Hall–Kier alpha value is -0.392. The van der Waals surface area contributed by atoms with Crippen molar-refractivity contribution in [3.8, 4) is 0 Å². The first kappa shape index (κ1) is 14.2. The second-order valence-corrected chi connectivity index (χ2v) is 2.56. The molecule has 0 aliphatic carbocycles. The van der Waals surface area contributed by atoms with E-state index in [1.54, 1.807) is 12.4 Å². The van der Waals surface area contributed by atoms with E-state index in [0.29, 0.717) is 0 Å². The summed E-state index contributed by atoms with van der Waals surface area (Å²) in [5, 5.41) is 0. The summed E-state index contributed by atoms with van der Waals surface area (Å²) in [6, 6.07) is 0. The molecule has 1 rings (SSSR count). The Morgan fingerprint density at radius 3 is 2.25 bits per heavy atom. The third kappa shape index (κ3) is 33.5. The number of H-pyrrole nitrogens is 1. The second kappa shape index (κ2) is 13.2. The summed E-state index contributed by atoms with van der Waals surface area (Å²) in [5.41, 5.74) is 4.66. The van der Waals surface area contributed by atoms with Gasteiger partial charge in [0.25, 0.3) is 0 Å². The SMILES string of the molecule is NC(=S)[S-].[O]=[Mo+2]=[O].[c-]1ncc[nH]1. The number of aromatic nitrogens is 2. The van der Waals surface area contributed by atoms with Crippen LogP contribution in [0.15, 0.2) is 12.4 Å². The number of aromatic amines is 1. The van der Waals surface area contributed by atoms with E-state index < -0.39 is 18.5 Å². The van der Waals surface area contributed by atoms with Crippen molar-refractivity contribution in [2.24, 2.45) is 5.73 Å². The third-order valence-corrected chi connectivity index (χ3v) is 0.362. The first-order chi connectivity index (χ1) is 5.65. The molecule has 12 heavy (non-hydrogen) atoms. The molecule has 8 heteroatoms. The predicted molar refractivity (Wildman–Crippen MR) is 42.9 cm³/mol. The third-order valence-electron chi connectivity index (χ3n) is 0.362. The van der Waals surface area contributed by atoms with Gasteiger partial charge in [0.05, 0.1) is 0 Å². The van der Waals surface area contributed by atoms with Crippen LogP contribution in [-0.2, 0) is 37.9 Å². The molecule has 0 saturated carbocycles. The van der Waals surface area contributed by atoms with Crippen LogP contribution in [0.4, 0.5) is 0 Å². The van der Waals surface area contributed by atoms with E-state index in [4.69, 9.17) is 6.80 Å². The maximum atomic E-state index is 8.50. The number of hydrogen-bond acceptors (Lipinski definition) is 5. The van der Waals surface area contributed by atoms with E-state index in [-0.39, 0.29) is 4.32 Å². The molecular weight excluding hydrogens is 282 g/mol. The van der Waals surface area contributed by atoms with Crippen LogP contribution in [0, 0.1) is 6.33 Å². The summed E-state index contributed by atoms with van der Waals surface area (Å²) in [6.45, 7) is 0. The summed E-state index contributed by atoms with van der Waals surface area (Å²) in [7, 11) is 0. The summed E-state index contributed by atoms with van der Waals surface area (Å²) in [6.07, 6.45) is 5.83. The van der Waals surface area contributed by atoms with Crippen molar-refractivity contribution in [3.05, 3.63) is 18.7 Å². The zero-order valence-corrected chi connectivity index (χ0v) is 9.36. The Morgan fingerprint density at radius 2 is 2.17 bits per heavy atom. The second-order valence-electron chi connectivity index (χ2n) is 1.09. The van der Waals surface area contributed by atoms with Gasteiger partial charge in [-0.3, -0.25) is 0 Å². The molecule has 1 aromatic heterocycles. The summed E-state index contributed by atoms with van der Waals surface area (Å²) < 4.78 is 17.1. The van der Waals surface area contributed by atoms with E-state index in [1.807, 2.05) is 0 Å². The minimum Gasteiger partial charge on any atom is -0.467 e. The van der Waals surface area contributed by atoms with Gasteiger partial charge in [-0.1, -0.05) is 4.32 Å². The Balaban J connectivity index is 0. The number of nitrogens with one attached hydrogen (secondary N) is 1. The number of nitrogens with zero attached hydrogens (tertiary/aromatic N) is 1. The van der Waals surface area contributed by atoms with Gasteiger partial charge in [-0.05, 0) is 6.33 Å². The molecule has 0 aliphatic rings. The smallest absolute Gasteiger partial charge is 0.00235 e. The zero-order valence-electron chi connectivity index (χ0n) is 5.72. The first-order valence-corrected chi connectivity index (χ1v) is 4.84. The van der Waals surface area contributed by atoms with Crippen LogP contribution < -0.4 is 5.73 Å². The summed E-state index contributed by atoms with van der Waals surface area (Å²) >= 11 is 6.23. The van der Waals surface area contributed by atoms with Crippen LogP contribution >= 0.6 is 12.2 Å². The zero-order chi connectivity index (χ0) is 9.82. The molecule has 0 aromatic carbocycles. The number of thiocarbonyl (C=S) groups is 1. The van der Waals surface area contributed by atoms with Crippen molar-refractivity contribution in [3.63, 3.8) is 0 Å². The van der Waals surface area contributed by atoms with Crippen LogP contribution in [0.2, 0.25) is 0 Å². The van der Waals surface area contributed by atoms with Gasteiger partial charge in [0.15, 0.2) is 0 Å². The normalized spacial score (nSPS) is 6.00. The van der Waals surface area contributed by atoms with Crippen LogP contribution in [0.3, 0.4) is 0 Å². The molecule has 0 unspecified atom stereocenters. The van der Waals surface area contributed by atoms with E-state index in [2.05, 4.69) is 46.9 Å². The van der Waals surface area contributed by atoms with E-state index >= 15 is 0 Å². The van der Waals surface area contributed by atoms with Gasteiger partial charge in [0.2, 0.25) is 0 Å². The van der Waals surface area contributed by atoms with Crippen LogP contribution in [0.25, 0.3) is 0 Å². The topological polar surface area (TPSA) is 88.8 Å². The van der Waals surface area contributed by atoms with Gasteiger partial charge in [-0.2, -0.15) is 0 Å². The molecule has 0 atom stereocenters. The molecule has 0 fully saturated rings. The minimum absolute atomic E-state index is 0.0833. The van der Waals surface area contributed by atoms with Crippen LogP contribution in [0.1, 0.15) is 0 Å². The Morgan fingerprint density at radius 1 is 1.75 bits per heavy atom. The van der Waals surface area contributed by atoms with Crippen LogP contribution in [0.5, 0.6) is 0 Å². The van der Waals surface area contributed by atoms with Crippen LogP contribution in [-0.4, -0.2) is 14.3 Å². The maximum absolute atomic E-state index is 8.50. The van der Waals surface area contributed by atoms with E-state index in [0.717, 1.165) is 0 Å². The van der Waals surface area contributed by atoms with Crippen molar-refractivity contribution in [1.82, 2.24) is 9.97 Å². The van der Waals surface area contributed by atoms with Gasteiger partial charge in [-0.25, -0.2) is 0 Å². The standard InChI is InChI=1S/C3H3N2.CH3NS2.Mo.2O/c1-2-5-3-4-1;2-1(3)4;;;/h1-2H,(H,4,5);(H3,2,3,4);;;/q-1;;+2;;/p-1. The quantitative estimate of drug-likeness (QED) is 0.296. The van der Waals surface area contributed by atoms with Crippen molar-refractivity contribution < 1.29 is 25.3 Å². The minimum atomic E-state index is -2.03. The average Bonchev–Trinajstić information content (AvgIpc) is 2.40. The summed E-state index contributed by atoms with van der Waals surface area (Å²) in [4.78, 5) is 6.17. The largest absolute Gasteiger partial charge is 0.467 e. The molecule has 0 saturated heterocycles. The fourth-order valence-electron chi connectivity index (χ4n) is 0.186. The number of nitrogens with two attached hydrogens (primary N) is 1. The van der Waals surface area contributed by atoms with E-state index in [9.17, 15) is 0 Å². The van der Waals surface area contributed by atoms with Gasteiger partial charge in [0.1, 0.15) is 0 Å². The number of rotatable bonds is 0. The van der Waals surface area contributed by atoms with Crippen molar-refractivity contribution in [1.29, 1.82) is 0 Å². The number of hydrogen-bond donors (Lipinski definition) is 2. The van der Waals surface area contributed by atoms with Crippen molar-refractivity contribution in [2.45, 2.75) is 0 Å². The molecule has 0 aliphatic heterocycles. The monoisotopic (exact) mass is 289 g/mol. The molecule has 66 valence electrons. The van der Waals surface area contributed by atoms with Gasteiger partial charge in [-0.15, -0.1) is 12.4 Å². The molecule has 0 bridgehead atoms. The Kier molecular flexibility index (Phi) is 15.6. The van der Waals surface area contributed by atoms with Gasteiger partial charge >= 0.3 is 25.3 Å². The first-order valence-electron chi connectivity index (χ1n) is 2.38. The molecule has 0 amide bonds. The fraction of sp³-hybridized carbons (Fsp3) is 0. The fourth-order valence-corrected chi connectivity index (χ4v) is 0.186. The van der Waals surface area contributed by atoms with E-state index in [1.165, 1.54) is 0 Å². The molecule has 1 aromatic rings. The predicted octanol–water partition coefficient (Wildman–Crippen LogP) is -0.253. The molecular formula is C4H5MoN3O2S2. The molecule has 0 spiro atoms.